The molecule has 7 nitrogen and oxygen atoms in total. The van der Waals surface area contributed by atoms with Gasteiger partial charge in [-0.25, -0.2) is 9.97 Å². The van der Waals surface area contributed by atoms with E-state index in [9.17, 15) is 4.79 Å². The predicted molar refractivity (Wildman–Crippen MR) is 116 cm³/mol. The maximum absolute atomic E-state index is 9.24. The molecule has 0 amide bonds. The quantitative estimate of drug-likeness (QED) is 0.351. The molecule has 0 aliphatic carbocycles. The minimum absolute atomic E-state index is 0.278. The van der Waals surface area contributed by atoms with Crippen molar-refractivity contribution in [3.05, 3.63) is 71.3 Å². The maximum Gasteiger partial charge on any atom is 0.317 e. The number of aromatic nitrogens is 4. The van der Waals surface area contributed by atoms with Gasteiger partial charge in [0.1, 0.15) is 0 Å². The normalized spacial score (nSPS) is 11.8. The summed E-state index contributed by atoms with van der Waals surface area (Å²) in [5.41, 5.74) is 12.4. The van der Waals surface area contributed by atoms with Crippen molar-refractivity contribution < 1.29 is 9.90 Å². The fraction of sp³-hybridized carbons (Fsp3) is 0.0455. The van der Waals surface area contributed by atoms with Crippen molar-refractivity contribution in [3.8, 4) is 0 Å². The second-order valence-electron chi connectivity index (χ2n) is 6.50. The molecule has 0 aromatic carbocycles. The Hall–Kier alpha value is -3.97. The van der Waals surface area contributed by atoms with Gasteiger partial charge in [0, 0.05) is 22.1 Å². The molecular weight excluding hydrogens is 366 g/mol. The molecule has 0 radical (unpaired) electrons. The fourth-order valence-corrected chi connectivity index (χ4v) is 2.94. The number of H-pyrrole nitrogens is 2. The van der Waals surface area contributed by atoms with Crippen LogP contribution >= 0.6 is 0 Å². The van der Waals surface area contributed by atoms with E-state index in [-0.39, 0.29) is 6.54 Å². The summed E-state index contributed by atoms with van der Waals surface area (Å²) in [4.78, 5) is 25.3. The van der Waals surface area contributed by atoms with Crippen LogP contribution in [0.25, 0.3) is 46.4 Å². The van der Waals surface area contributed by atoms with Gasteiger partial charge in [0.05, 0.1) is 29.3 Å². The van der Waals surface area contributed by atoms with E-state index in [4.69, 9.17) is 5.11 Å². The molecule has 2 aliphatic rings. The first-order chi connectivity index (χ1) is 14.1. The highest BCUT2D eigenvalue weighted by Gasteiger charge is 2.02. The molecule has 5 heterocycles. The number of nitrogens with zero attached hydrogens (tertiary/aromatic N) is 2. The van der Waals surface area contributed by atoms with Crippen LogP contribution in [0.3, 0.4) is 0 Å². The number of rotatable bonds is 1. The summed E-state index contributed by atoms with van der Waals surface area (Å²) in [6.45, 7) is -0.278. The van der Waals surface area contributed by atoms with Crippen LogP contribution in [0, 0.1) is 0 Å². The molecule has 2 aliphatic heterocycles. The summed E-state index contributed by atoms with van der Waals surface area (Å²) in [7, 11) is 0. The Morgan fingerprint density at radius 3 is 1.45 bits per heavy atom. The van der Waals surface area contributed by atoms with E-state index in [0.29, 0.717) is 0 Å². The molecule has 8 bridgehead atoms. The van der Waals surface area contributed by atoms with E-state index in [2.05, 4.69) is 56.0 Å². The molecule has 144 valence electrons. The molecule has 7 heteroatoms. The van der Waals surface area contributed by atoms with Crippen molar-refractivity contribution in [1.29, 1.82) is 0 Å². The van der Waals surface area contributed by atoms with Gasteiger partial charge in [-0.15, -0.1) is 0 Å². The van der Waals surface area contributed by atoms with E-state index in [1.807, 2.05) is 42.5 Å². The van der Waals surface area contributed by atoms with Crippen LogP contribution in [-0.2, 0) is 4.79 Å². The average molecular weight is 385 g/mol. The second-order valence-corrected chi connectivity index (χ2v) is 6.50. The Morgan fingerprint density at radius 1 is 0.724 bits per heavy atom. The standard InChI is InChI=1S/C20H14N4.C2H5NO2/c1-2-14-10-16-5-6-18(23-16)12-20-8-7-19(24-20)11-17-4-3-15(22-17)9-13(1)21-14;3-1-2(4)5/h1-12,21-22H;1,3H2,(H,4,5). The lowest BCUT2D eigenvalue weighted by Gasteiger charge is -1.86. The Morgan fingerprint density at radius 2 is 1.07 bits per heavy atom. The number of hydrogen-bond donors (Lipinski definition) is 4. The number of carboxylic acids is 1. The lowest BCUT2D eigenvalue weighted by molar-refractivity contribution is -0.135. The second kappa shape index (κ2) is 7.95. The number of aromatic amines is 2. The average Bonchev–Trinajstić information content (AvgIpc) is 3.47. The van der Waals surface area contributed by atoms with Crippen LogP contribution in [0.4, 0.5) is 0 Å². The number of hydrogen-bond acceptors (Lipinski definition) is 4. The summed E-state index contributed by atoms with van der Waals surface area (Å²) in [6.07, 6.45) is 8.05. The third-order valence-electron chi connectivity index (χ3n) is 4.22. The lowest BCUT2D eigenvalue weighted by Crippen LogP contribution is -2.10. The van der Waals surface area contributed by atoms with Crippen molar-refractivity contribution >= 4 is 52.3 Å². The van der Waals surface area contributed by atoms with Crippen LogP contribution in [0.5, 0.6) is 0 Å². The van der Waals surface area contributed by atoms with E-state index >= 15 is 0 Å². The largest absolute Gasteiger partial charge is 0.480 e. The molecule has 0 atom stereocenters. The molecule has 0 saturated heterocycles. The number of nitrogens with one attached hydrogen (secondary N) is 2. The van der Waals surface area contributed by atoms with Crippen LogP contribution in [0.1, 0.15) is 22.8 Å². The van der Waals surface area contributed by atoms with Crippen molar-refractivity contribution in [2.24, 2.45) is 5.73 Å². The first-order valence-corrected chi connectivity index (χ1v) is 9.04. The lowest BCUT2D eigenvalue weighted by atomic mass is 10.3. The molecule has 0 unspecified atom stereocenters. The fourth-order valence-electron chi connectivity index (χ4n) is 2.94. The predicted octanol–water partition coefficient (Wildman–Crippen LogP) is 3.69. The first kappa shape index (κ1) is 18.4. The van der Waals surface area contributed by atoms with E-state index in [1.54, 1.807) is 0 Å². The zero-order valence-electron chi connectivity index (χ0n) is 15.5. The van der Waals surface area contributed by atoms with Gasteiger partial charge in [-0.05, 0) is 72.8 Å². The molecule has 0 spiro atoms. The minimum atomic E-state index is -0.968. The number of nitrogens with two attached hydrogens (primary N) is 1. The van der Waals surface area contributed by atoms with E-state index in [0.717, 1.165) is 44.8 Å². The van der Waals surface area contributed by atoms with E-state index in [1.165, 1.54) is 0 Å². The van der Waals surface area contributed by atoms with Crippen molar-refractivity contribution in [2.45, 2.75) is 0 Å². The highest BCUT2D eigenvalue weighted by molar-refractivity contribution is 5.77. The number of carbonyl (C=O) groups is 1. The summed E-state index contributed by atoms with van der Waals surface area (Å²) < 4.78 is 0. The van der Waals surface area contributed by atoms with Gasteiger partial charge in [0.25, 0.3) is 0 Å². The third kappa shape index (κ3) is 4.66. The van der Waals surface area contributed by atoms with E-state index < -0.39 is 5.97 Å². The van der Waals surface area contributed by atoms with Gasteiger partial charge in [0.2, 0.25) is 0 Å². The smallest absolute Gasteiger partial charge is 0.317 e. The summed E-state index contributed by atoms with van der Waals surface area (Å²) in [6, 6.07) is 16.4. The Kier molecular flexibility index (Phi) is 5.05. The minimum Gasteiger partial charge on any atom is -0.480 e. The zero-order chi connectivity index (χ0) is 20.2. The molecule has 0 saturated carbocycles. The number of aliphatic carboxylic acids is 1. The molecule has 3 aromatic rings. The van der Waals surface area contributed by atoms with Crippen molar-refractivity contribution in [2.75, 3.05) is 6.54 Å². The summed E-state index contributed by atoms with van der Waals surface area (Å²) >= 11 is 0. The van der Waals surface area contributed by atoms with Crippen LogP contribution in [-0.4, -0.2) is 37.6 Å². The molecular formula is C22H19N5O2. The highest BCUT2D eigenvalue weighted by atomic mass is 16.4. The van der Waals surface area contributed by atoms with Crippen LogP contribution in [0.15, 0.2) is 48.5 Å². The topological polar surface area (TPSA) is 121 Å². The Labute approximate surface area is 166 Å². The van der Waals surface area contributed by atoms with Crippen molar-refractivity contribution in [3.63, 3.8) is 0 Å². The van der Waals surface area contributed by atoms with Crippen LogP contribution < -0.4 is 5.73 Å². The van der Waals surface area contributed by atoms with Gasteiger partial charge in [0.15, 0.2) is 0 Å². The summed E-state index contributed by atoms with van der Waals surface area (Å²) in [5.74, 6) is -0.968. The molecule has 3 aromatic heterocycles. The van der Waals surface area contributed by atoms with Gasteiger partial charge >= 0.3 is 5.97 Å². The van der Waals surface area contributed by atoms with Gasteiger partial charge < -0.3 is 20.8 Å². The maximum atomic E-state index is 9.24. The monoisotopic (exact) mass is 385 g/mol. The number of fused-ring (bicyclic) bond motifs is 8. The summed E-state index contributed by atoms with van der Waals surface area (Å²) in [5, 5.41) is 7.60. The van der Waals surface area contributed by atoms with Gasteiger partial charge in [-0.1, -0.05) is 0 Å². The first-order valence-electron chi connectivity index (χ1n) is 9.04. The highest BCUT2D eigenvalue weighted by Crippen LogP contribution is 2.17. The number of carboxylic acid groups (broad SMARTS) is 1. The van der Waals surface area contributed by atoms with Gasteiger partial charge in [-0.2, -0.15) is 0 Å². The Bertz CT molecular complexity index is 1190. The molecule has 5 N–H and O–H groups in total. The Balaban J connectivity index is 0.000000369. The third-order valence-corrected chi connectivity index (χ3v) is 4.22. The molecule has 0 fully saturated rings. The van der Waals surface area contributed by atoms with Crippen LogP contribution in [0.2, 0.25) is 0 Å². The molecule has 29 heavy (non-hydrogen) atoms. The SMILES string of the molecule is C1=Cc2cc3ccc(cc4ccc(cc5nc(cc1n2)C=C5)[nH]4)[nH]3.NCC(=O)O. The van der Waals surface area contributed by atoms with Gasteiger partial charge in [-0.3, -0.25) is 4.79 Å². The zero-order valence-corrected chi connectivity index (χ0v) is 15.5. The van der Waals surface area contributed by atoms with Crippen molar-refractivity contribution in [1.82, 2.24) is 19.9 Å². The molecule has 5 rings (SSSR count).